The molecular weight excluding hydrogens is 486 g/mol. The highest BCUT2D eigenvalue weighted by Gasteiger charge is 2.07. The Balaban J connectivity index is 1.48. The second kappa shape index (κ2) is 12.4. The third-order valence-corrected chi connectivity index (χ3v) is 5.06. The normalized spacial score (nSPS) is 10.6. The average Bonchev–Trinajstić information content (AvgIpc) is 2.83. The molecule has 2 amide bonds. The number of hydrogen-bond donors (Lipinski definition) is 2. The van der Waals surface area contributed by atoms with Crippen molar-refractivity contribution in [2.24, 2.45) is 5.10 Å². The molecule has 170 valence electrons. The largest absolute Gasteiger partial charge is 0.497 e. The Morgan fingerprint density at radius 3 is 2.45 bits per heavy atom. The van der Waals surface area contributed by atoms with Gasteiger partial charge in [-0.3, -0.25) is 9.59 Å². The summed E-state index contributed by atoms with van der Waals surface area (Å²) in [6, 6.07) is 22.5. The van der Waals surface area contributed by atoms with E-state index in [2.05, 4.69) is 31.8 Å². The average molecular weight is 510 g/mol. The first-order valence-corrected chi connectivity index (χ1v) is 11.0. The molecule has 0 aliphatic carbocycles. The molecule has 0 fully saturated rings. The molecule has 3 aromatic carbocycles. The molecule has 3 rings (SSSR count). The van der Waals surface area contributed by atoms with E-state index in [1.54, 1.807) is 31.4 Å². The third-order valence-electron chi connectivity index (χ3n) is 4.57. The minimum absolute atomic E-state index is 0.167. The number of hydrogen-bond acceptors (Lipinski definition) is 5. The molecule has 33 heavy (non-hydrogen) atoms. The summed E-state index contributed by atoms with van der Waals surface area (Å²) in [4.78, 5) is 24.1. The van der Waals surface area contributed by atoms with E-state index in [9.17, 15) is 9.59 Å². The van der Waals surface area contributed by atoms with Gasteiger partial charge < -0.3 is 14.8 Å². The van der Waals surface area contributed by atoms with Gasteiger partial charge in [-0.15, -0.1) is 0 Å². The molecule has 0 saturated carbocycles. The lowest BCUT2D eigenvalue weighted by Gasteiger charge is -2.10. The second-order valence-corrected chi connectivity index (χ2v) is 7.97. The van der Waals surface area contributed by atoms with Crippen LogP contribution in [0.1, 0.15) is 16.7 Å². The van der Waals surface area contributed by atoms with Gasteiger partial charge in [0, 0.05) is 10.0 Å². The fraction of sp³-hybridized carbons (Fsp3) is 0.160. The first-order chi connectivity index (χ1) is 16.0. The summed E-state index contributed by atoms with van der Waals surface area (Å²) < 4.78 is 11.8. The summed E-state index contributed by atoms with van der Waals surface area (Å²) in [5, 5.41) is 6.57. The van der Waals surface area contributed by atoms with Crippen LogP contribution in [0.5, 0.6) is 11.5 Å². The molecule has 0 bridgehead atoms. The van der Waals surface area contributed by atoms with Crippen LogP contribution in [0.3, 0.4) is 0 Å². The molecule has 0 heterocycles. The van der Waals surface area contributed by atoms with Crippen LogP contribution in [-0.4, -0.2) is 31.7 Å². The zero-order valence-electron chi connectivity index (χ0n) is 18.1. The van der Waals surface area contributed by atoms with Crippen LogP contribution in [-0.2, 0) is 22.6 Å². The predicted molar refractivity (Wildman–Crippen MR) is 130 cm³/mol. The monoisotopic (exact) mass is 509 g/mol. The van der Waals surface area contributed by atoms with Gasteiger partial charge in [0.15, 0.2) is 0 Å². The smallest absolute Gasteiger partial charge is 0.259 e. The molecule has 0 saturated heterocycles. The van der Waals surface area contributed by atoms with Crippen molar-refractivity contribution in [3.05, 3.63) is 94.0 Å². The van der Waals surface area contributed by atoms with Gasteiger partial charge in [0.1, 0.15) is 18.1 Å². The van der Waals surface area contributed by atoms with Gasteiger partial charge in [-0.25, -0.2) is 5.43 Å². The van der Waals surface area contributed by atoms with Crippen LogP contribution in [0.2, 0.25) is 0 Å². The number of hydrazone groups is 1. The molecule has 0 aromatic heterocycles. The minimum atomic E-state index is -0.434. The lowest BCUT2D eigenvalue weighted by molar-refractivity contribution is -0.125. The Morgan fingerprint density at radius 1 is 0.970 bits per heavy atom. The van der Waals surface area contributed by atoms with Crippen LogP contribution in [0.25, 0.3) is 0 Å². The molecule has 0 atom stereocenters. The zero-order chi connectivity index (χ0) is 23.5. The summed E-state index contributed by atoms with van der Waals surface area (Å²) in [7, 11) is 1.58. The number of amides is 2. The molecule has 0 aliphatic rings. The summed E-state index contributed by atoms with van der Waals surface area (Å²) in [5.41, 5.74) is 4.98. The maximum absolute atomic E-state index is 12.1. The summed E-state index contributed by atoms with van der Waals surface area (Å²) in [5.74, 6) is 0.655. The number of carbonyl (C=O) groups is 2. The molecule has 0 unspecified atom stereocenters. The summed E-state index contributed by atoms with van der Waals surface area (Å²) in [6.07, 6.45) is 1.67. The lowest BCUT2D eigenvalue weighted by atomic mass is 10.1. The number of ether oxygens (including phenoxy) is 2. The number of nitrogens with zero attached hydrogens (tertiary/aromatic N) is 1. The van der Waals surface area contributed by atoms with Crippen molar-refractivity contribution < 1.29 is 19.1 Å². The van der Waals surface area contributed by atoms with Crippen LogP contribution in [0, 0.1) is 0 Å². The van der Waals surface area contributed by atoms with Crippen molar-refractivity contribution >= 4 is 34.0 Å². The topological polar surface area (TPSA) is 89.0 Å². The highest BCUT2D eigenvalue weighted by Crippen LogP contribution is 2.22. The van der Waals surface area contributed by atoms with Crippen LogP contribution < -0.4 is 20.2 Å². The van der Waals surface area contributed by atoms with Gasteiger partial charge in [-0.05, 0) is 41.5 Å². The van der Waals surface area contributed by atoms with Gasteiger partial charge in [0.05, 0.1) is 26.3 Å². The van der Waals surface area contributed by atoms with E-state index in [1.165, 1.54) is 6.21 Å². The van der Waals surface area contributed by atoms with E-state index in [4.69, 9.17) is 9.47 Å². The van der Waals surface area contributed by atoms with Gasteiger partial charge in [0.2, 0.25) is 5.91 Å². The first kappa shape index (κ1) is 24.0. The molecule has 8 heteroatoms. The molecule has 0 aliphatic heterocycles. The second-order valence-electron chi connectivity index (χ2n) is 7.05. The number of carbonyl (C=O) groups excluding carboxylic acids is 2. The van der Waals surface area contributed by atoms with Crippen molar-refractivity contribution in [3.8, 4) is 11.5 Å². The number of benzene rings is 3. The Labute approximate surface area is 200 Å². The van der Waals surface area contributed by atoms with E-state index in [0.717, 1.165) is 21.3 Å². The summed E-state index contributed by atoms with van der Waals surface area (Å²) in [6.45, 7) is 0.234. The first-order valence-electron chi connectivity index (χ1n) is 10.2. The molecule has 0 radical (unpaired) electrons. The third kappa shape index (κ3) is 8.08. The Kier molecular flexibility index (Phi) is 9.02. The Hall–Kier alpha value is -3.65. The summed E-state index contributed by atoms with van der Waals surface area (Å²) >= 11 is 3.43. The van der Waals surface area contributed by atoms with Crippen molar-refractivity contribution in [2.45, 2.75) is 13.0 Å². The van der Waals surface area contributed by atoms with E-state index in [1.807, 2.05) is 48.5 Å². The van der Waals surface area contributed by atoms with Crippen molar-refractivity contribution in [1.29, 1.82) is 0 Å². The van der Waals surface area contributed by atoms with Crippen molar-refractivity contribution in [2.75, 3.05) is 13.7 Å². The molecule has 3 aromatic rings. The van der Waals surface area contributed by atoms with Gasteiger partial charge in [0.25, 0.3) is 5.91 Å². The molecular formula is C25H24BrN3O4. The van der Waals surface area contributed by atoms with E-state index >= 15 is 0 Å². The van der Waals surface area contributed by atoms with Gasteiger partial charge in [-0.2, -0.15) is 5.10 Å². The van der Waals surface area contributed by atoms with Gasteiger partial charge >= 0.3 is 0 Å². The number of halogens is 1. The Bertz CT molecular complexity index is 1100. The number of rotatable bonds is 10. The van der Waals surface area contributed by atoms with E-state index in [-0.39, 0.29) is 18.9 Å². The SMILES string of the molecule is COc1ccc(CC(=O)NCC(=O)NN=Cc2cc(Br)ccc2OCc2ccccc2)cc1. The van der Waals surface area contributed by atoms with Crippen molar-refractivity contribution in [1.82, 2.24) is 10.7 Å². The van der Waals surface area contributed by atoms with Crippen molar-refractivity contribution in [3.63, 3.8) is 0 Å². The van der Waals surface area contributed by atoms with E-state index in [0.29, 0.717) is 17.9 Å². The highest BCUT2D eigenvalue weighted by molar-refractivity contribution is 9.10. The quantitative estimate of drug-likeness (QED) is 0.321. The number of methoxy groups -OCH3 is 1. The van der Waals surface area contributed by atoms with Crippen LogP contribution in [0.15, 0.2) is 82.4 Å². The minimum Gasteiger partial charge on any atom is -0.497 e. The lowest BCUT2D eigenvalue weighted by Crippen LogP contribution is -2.35. The predicted octanol–water partition coefficient (Wildman–Crippen LogP) is 3.85. The maximum atomic E-state index is 12.1. The molecule has 7 nitrogen and oxygen atoms in total. The molecule has 0 spiro atoms. The van der Waals surface area contributed by atoms with Crippen LogP contribution >= 0.6 is 15.9 Å². The molecule has 2 N–H and O–H groups in total. The maximum Gasteiger partial charge on any atom is 0.259 e. The highest BCUT2D eigenvalue weighted by atomic mass is 79.9. The Morgan fingerprint density at radius 2 is 1.73 bits per heavy atom. The fourth-order valence-electron chi connectivity index (χ4n) is 2.87. The van der Waals surface area contributed by atoms with E-state index < -0.39 is 5.91 Å². The van der Waals surface area contributed by atoms with Crippen LogP contribution in [0.4, 0.5) is 0 Å². The van der Waals surface area contributed by atoms with Gasteiger partial charge in [-0.1, -0.05) is 58.4 Å². The fourth-order valence-corrected chi connectivity index (χ4v) is 3.25. The zero-order valence-corrected chi connectivity index (χ0v) is 19.7. The number of nitrogens with one attached hydrogen (secondary N) is 2. The standard InChI is InChI=1S/C25H24BrN3O4/c1-32-22-10-7-18(8-11-22)13-24(30)27-16-25(31)29-28-15-20-14-21(26)9-12-23(20)33-17-19-5-3-2-4-6-19/h2-12,14-15H,13,16-17H2,1H3,(H,27,30)(H,29,31).